The maximum absolute atomic E-state index is 12.7. The van der Waals surface area contributed by atoms with Crippen molar-refractivity contribution in [3.05, 3.63) is 23.8 Å². The number of hydrogen-bond acceptors (Lipinski definition) is 9. The molecular weight excluding hydrogens is 514 g/mol. The van der Waals surface area contributed by atoms with Crippen LogP contribution in [0.2, 0.25) is 0 Å². The summed E-state index contributed by atoms with van der Waals surface area (Å²) in [6, 6.07) is 3.77. The lowest BCUT2D eigenvalue weighted by molar-refractivity contribution is -0.161. The fraction of sp³-hybridized carbons (Fsp3) is 0.677. The Morgan fingerprint density at radius 2 is 1.43 bits per heavy atom. The molecule has 0 aromatic heterocycles. The van der Waals surface area contributed by atoms with Crippen molar-refractivity contribution in [2.24, 2.45) is 23.5 Å². The molecule has 0 radical (unpaired) electrons. The van der Waals surface area contributed by atoms with E-state index in [-0.39, 0.29) is 48.2 Å². The molecule has 1 aromatic rings. The molecule has 0 saturated heterocycles. The lowest BCUT2D eigenvalue weighted by Crippen LogP contribution is -2.37. The van der Waals surface area contributed by atoms with Crippen LogP contribution in [0, 0.1) is 17.8 Å². The van der Waals surface area contributed by atoms with E-state index in [9.17, 15) is 19.2 Å². The number of esters is 4. The summed E-state index contributed by atoms with van der Waals surface area (Å²) in [7, 11) is 0. The number of carbonyl (C=O) groups excluding carboxylic acids is 4. The first kappa shape index (κ1) is 33.3. The topological polar surface area (TPSA) is 131 Å². The zero-order valence-corrected chi connectivity index (χ0v) is 24.7. The summed E-state index contributed by atoms with van der Waals surface area (Å²) in [5.41, 5.74) is 6.73. The van der Waals surface area contributed by atoms with Crippen molar-refractivity contribution in [2.75, 3.05) is 6.61 Å². The molecule has 0 bridgehead atoms. The van der Waals surface area contributed by atoms with Gasteiger partial charge in [-0.2, -0.15) is 0 Å². The van der Waals surface area contributed by atoms with Crippen LogP contribution in [0.25, 0.3) is 0 Å². The van der Waals surface area contributed by atoms with Crippen LogP contribution >= 0.6 is 0 Å². The fourth-order valence-electron chi connectivity index (χ4n) is 4.68. The van der Waals surface area contributed by atoms with Gasteiger partial charge in [0.2, 0.25) is 0 Å². The van der Waals surface area contributed by atoms with E-state index in [4.69, 9.17) is 24.7 Å². The van der Waals surface area contributed by atoms with Gasteiger partial charge in [0.05, 0.1) is 17.8 Å². The molecule has 1 aliphatic rings. The highest BCUT2D eigenvalue weighted by Crippen LogP contribution is 2.31. The molecule has 0 spiro atoms. The SMILES string of the molecule is CCCC(C)C(=O)Oc1ccc(C[C@H](N)C(=O)O[C@@H](C)COC(=O)C2CCCCC2)cc1OC(=O)C(C)CCC. The van der Waals surface area contributed by atoms with Crippen molar-refractivity contribution < 1.29 is 38.1 Å². The van der Waals surface area contributed by atoms with Crippen molar-refractivity contribution in [2.45, 2.75) is 111 Å². The quantitative estimate of drug-likeness (QED) is 0.224. The van der Waals surface area contributed by atoms with Gasteiger partial charge in [0, 0.05) is 0 Å². The Bertz CT molecular complexity index is 988. The van der Waals surface area contributed by atoms with Crippen LogP contribution in [0.4, 0.5) is 0 Å². The first-order chi connectivity index (χ1) is 19.0. The molecular formula is C31H47NO8. The lowest BCUT2D eigenvalue weighted by Gasteiger charge is -2.22. The van der Waals surface area contributed by atoms with E-state index in [0.29, 0.717) is 18.4 Å². The molecule has 2 N–H and O–H groups in total. The summed E-state index contributed by atoms with van der Waals surface area (Å²) in [5, 5.41) is 0. The maximum atomic E-state index is 12.7. The molecule has 1 fully saturated rings. The largest absolute Gasteiger partial charge is 0.462 e. The summed E-state index contributed by atoms with van der Waals surface area (Å²) in [6.07, 6.45) is 7.31. The molecule has 224 valence electrons. The van der Waals surface area contributed by atoms with E-state index in [0.717, 1.165) is 44.9 Å². The van der Waals surface area contributed by atoms with Gasteiger partial charge in [0.15, 0.2) is 11.5 Å². The third-order valence-corrected chi connectivity index (χ3v) is 7.15. The molecule has 1 aromatic carbocycles. The molecule has 9 heteroatoms. The normalized spacial score (nSPS) is 16.8. The van der Waals surface area contributed by atoms with E-state index in [1.807, 2.05) is 13.8 Å². The van der Waals surface area contributed by atoms with E-state index >= 15 is 0 Å². The standard InChI is InChI=1S/C31H47NO8/c1-6-11-20(3)28(33)39-26-16-15-23(18-27(26)40-29(34)21(4)12-7-2)17-25(32)31(36)38-22(5)19-37-30(35)24-13-9-8-10-14-24/h15-16,18,20-22,24-25H,6-14,17,19,32H2,1-5H3/t20?,21?,22-,25-/m0/s1. The molecule has 0 amide bonds. The number of hydrogen-bond donors (Lipinski definition) is 1. The van der Waals surface area contributed by atoms with E-state index < -0.39 is 30.1 Å². The predicted molar refractivity (Wildman–Crippen MR) is 151 cm³/mol. The summed E-state index contributed by atoms with van der Waals surface area (Å²) >= 11 is 0. The summed E-state index contributed by atoms with van der Waals surface area (Å²) in [4.78, 5) is 50.1. The Hall–Kier alpha value is -2.94. The van der Waals surface area contributed by atoms with Gasteiger partial charge >= 0.3 is 23.9 Å². The Morgan fingerprint density at radius 3 is 2.00 bits per heavy atom. The number of ether oxygens (including phenoxy) is 4. The minimum absolute atomic E-state index is 0.0274. The second kappa shape index (κ2) is 17.0. The second-order valence-electron chi connectivity index (χ2n) is 11.0. The first-order valence-electron chi connectivity index (χ1n) is 14.7. The van der Waals surface area contributed by atoms with Crippen molar-refractivity contribution in [1.29, 1.82) is 0 Å². The Morgan fingerprint density at radius 1 is 0.850 bits per heavy atom. The Kier molecular flexibility index (Phi) is 14.1. The summed E-state index contributed by atoms with van der Waals surface area (Å²) < 4.78 is 22.0. The number of benzene rings is 1. The minimum atomic E-state index is -1.00. The molecule has 9 nitrogen and oxygen atoms in total. The molecule has 2 unspecified atom stereocenters. The van der Waals surface area contributed by atoms with Gasteiger partial charge in [-0.15, -0.1) is 0 Å². The second-order valence-corrected chi connectivity index (χ2v) is 11.0. The maximum Gasteiger partial charge on any atom is 0.323 e. The third kappa shape index (κ3) is 10.9. The third-order valence-electron chi connectivity index (χ3n) is 7.15. The van der Waals surface area contributed by atoms with Crippen LogP contribution in [0.15, 0.2) is 18.2 Å². The molecule has 1 aliphatic carbocycles. The van der Waals surface area contributed by atoms with Gasteiger partial charge in [-0.3, -0.25) is 19.2 Å². The number of nitrogens with two attached hydrogens (primary N) is 1. The zero-order valence-electron chi connectivity index (χ0n) is 24.7. The van der Waals surface area contributed by atoms with Gasteiger partial charge in [-0.05, 0) is 56.7 Å². The van der Waals surface area contributed by atoms with Crippen LogP contribution in [0.5, 0.6) is 11.5 Å². The summed E-state index contributed by atoms with van der Waals surface area (Å²) in [5.74, 6) is -2.20. The number of rotatable bonds is 15. The van der Waals surface area contributed by atoms with Crippen molar-refractivity contribution in [1.82, 2.24) is 0 Å². The highest BCUT2D eigenvalue weighted by molar-refractivity contribution is 5.79. The van der Waals surface area contributed by atoms with E-state index in [2.05, 4.69) is 0 Å². The summed E-state index contributed by atoms with van der Waals surface area (Å²) in [6.45, 7) is 9.16. The van der Waals surface area contributed by atoms with Gasteiger partial charge in [-0.25, -0.2) is 0 Å². The van der Waals surface area contributed by atoms with Crippen molar-refractivity contribution >= 4 is 23.9 Å². The zero-order chi connectivity index (χ0) is 29.7. The van der Waals surface area contributed by atoms with Gasteiger partial charge in [0.1, 0.15) is 18.8 Å². The Balaban J connectivity index is 2.03. The van der Waals surface area contributed by atoms with Crippen LogP contribution in [0.1, 0.15) is 98.0 Å². The Labute approximate surface area is 238 Å². The van der Waals surface area contributed by atoms with Crippen LogP contribution in [0.3, 0.4) is 0 Å². The average Bonchev–Trinajstić information content (AvgIpc) is 2.93. The van der Waals surface area contributed by atoms with Crippen LogP contribution in [-0.4, -0.2) is 42.6 Å². The van der Waals surface area contributed by atoms with Gasteiger partial charge < -0.3 is 24.7 Å². The van der Waals surface area contributed by atoms with Gasteiger partial charge in [0.25, 0.3) is 0 Å². The highest BCUT2D eigenvalue weighted by atomic mass is 16.6. The number of carbonyl (C=O) groups is 4. The molecule has 2 rings (SSSR count). The fourth-order valence-corrected chi connectivity index (χ4v) is 4.68. The lowest BCUT2D eigenvalue weighted by atomic mass is 9.89. The molecule has 0 aliphatic heterocycles. The molecule has 40 heavy (non-hydrogen) atoms. The van der Waals surface area contributed by atoms with Crippen molar-refractivity contribution in [3.63, 3.8) is 0 Å². The molecule has 4 atom stereocenters. The van der Waals surface area contributed by atoms with E-state index in [1.165, 1.54) is 0 Å². The van der Waals surface area contributed by atoms with E-state index in [1.54, 1.807) is 39.0 Å². The highest BCUT2D eigenvalue weighted by Gasteiger charge is 2.26. The minimum Gasteiger partial charge on any atom is -0.462 e. The first-order valence-corrected chi connectivity index (χ1v) is 14.7. The van der Waals surface area contributed by atoms with Crippen LogP contribution in [-0.2, 0) is 35.1 Å². The van der Waals surface area contributed by atoms with Gasteiger partial charge in [-0.1, -0.05) is 65.9 Å². The molecule has 1 saturated carbocycles. The monoisotopic (exact) mass is 561 g/mol. The smallest absolute Gasteiger partial charge is 0.323 e. The average molecular weight is 562 g/mol. The van der Waals surface area contributed by atoms with Crippen LogP contribution < -0.4 is 15.2 Å². The predicted octanol–water partition coefficient (Wildman–Crippen LogP) is 5.29. The van der Waals surface area contributed by atoms with Crippen molar-refractivity contribution in [3.8, 4) is 11.5 Å². The molecule has 0 heterocycles.